The zero-order valence-corrected chi connectivity index (χ0v) is 15.5. The highest BCUT2D eigenvalue weighted by Crippen LogP contribution is 2.21. The Labute approximate surface area is 157 Å². The lowest BCUT2D eigenvalue weighted by Crippen LogP contribution is -2.50. The number of aryl methyl sites for hydroxylation is 1. The summed E-state index contributed by atoms with van der Waals surface area (Å²) in [6.45, 7) is 8.15. The molecule has 1 amide bonds. The fraction of sp³-hybridized carbons (Fsp3) is 0.588. The first-order chi connectivity index (χ1) is 13.2. The van der Waals surface area contributed by atoms with Crippen molar-refractivity contribution in [3.05, 3.63) is 24.5 Å². The summed E-state index contributed by atoms with van der Waals surface area (Å²) in [5, 5.41) is 3.99. The molecule has 2 aliphatic rings. The van der Waals surface area contributed by atoms with Crippen LogP contribution >= 0.6 is 0 Å². The molecule has 2 aromatic heterocycles. The predicted molar refractivity (Wildman–Crippen MR) is 98.6 cm³/mol. The first-order valence-electron chi connectivity index (χ1n) is 9.22. The Morgan fingerprint density at radius 3 is 2.33 bits per heavy atom. The third-order valence-corrected chi connectivity index (χ3v) is 4.87. The zero-order valence-electron chi connectivity index (χ0n) is 15.5. The minimum absolute atomic E-state index is 0.0630. The van der Waals surface area contributed by atoms with E-state index in [-0.39, 0.29) is 12.5 Å². The van der Waals surface area contributed by atoms with Gasteiger partial charge >= 0.3 is 0 Å². The number of piperazine rings is 1. The molecule has 27 heavy (non-hydrogen) atoms. The Morgan fingerprint density at radius 2 is 1.70 bits per heavy atom. The van der Waals surface area contributed by atoms with Crippen LogP contribution in [0.5, 0.6) is 0 Å². The molecule has 0 aromatic carbocycles. The number of carbonyl (C=O) groups excluding carboxylic acids is 1. The lowest BCUT2D eigenvalue weighted by Gasteiger charge is -2.36. The summed E-state index contributed by atoms with van der Waals surface area (Å²) in [7, 11) is 0. The van der Waals surface area contributed by atoms with Crippen LogP contribution in [-0.2, 0) is 16.1 Å². The van der Waals surface area contributed by atoms with E-state index in [9.17, 15) is 4.79 Å². The number of hydrogen-bond acceptors (Lipinski definition) is 8. The molecule has 0 N–H and O–H groups in total. The van der Waals surface area contributed by atoms with Crippen molar-refractivity contribution in [2.24, 2.45) is 0 Å². The highest BCUT2D eigenvalue weighted by molar-refractivity contribution is 5.76. The van der Waals surface area contributed by atoms with Crippen molar-refractivity contribution in [1.29, 1.82) is 0 Å². The highest BCUT2D eigenvalue weighted by Gasteiger charge is 2.23. The van der Waals surface area contributed by atoms with Gasteiger partial charge in [-0.25, -0.2) is 19.6 Å². The fourth-order valence-electron chi connectivity index (χ4n) is 3.39. The molecule has 0 radical (unpaired) electrons. The van der Waals surface area contributed by atoms with Crippen molar-refractivity contribution in [3.8, 4) is 0 Å². The Hall–Kier alpha value is -2.75. The van der Waals surface area contributed by atoms with Gasteiger partial charge in [0, 0.05) is 45.3 Å². The summed E-state index contributed by atoms with van der Waals surface area (Å²) in [6.07, 6.45) is 3.00. The van der Waals surface area contributed by atoms with Gasteiger partial charge in [0.15, 0.2) is 0 Å². The summed E-state index contributed by atoms with van der Waals surface area (Å²) >= 11 is 0. The minimum Gasteiger partial charge on any atom is -0.378 e. The van der Waals surface area contributed by atoms with Crippen molar-refractivity contribution in [2.45, 2.75) is 13.5 Å². The van der Waals surface area contributed by atoms with Gasteiger partial charge in [-0.1, -0.05) is 0 Å². The Bertz CT molecular complexity index is 767. The van der Waals surface area contributed by atoms with Crippen LogP contribution < -0.4 is 9.80 Å². The number of ether oxygens (including phenoxy) is 1. The summed E-state index contributed by atoms with van der Waals surface area (Å²) in [5.41, 5.74) is 0. The smallest absolute Gasteiger partial charge is 0.244 e. The van der Waals surface area contributed by atoms with E-state index in [1.54, 1.807) is 11.0 Å². The average Bonchev–Trinajstić information content (AvgIpc) is 3.21. The minimum atomic E-state index is 0.0630. The monoisotopic (exact) mass is 372 g/mol. The molecular formula is C17H24N8O2. The molecule has 144 valence electrons. The van der Waals surface area contributed by atoms with E-state index < -0.39 is 0 Å². The molecule has 10 nitrogen and oxygen atoms in total. The zero-order chi connectivity index (χ0) is 18.6. The topological polar surface area (TPSA) is 92.5 Å². The Kier molecular flexibility index (Phi) is 5.14. The van der Waals surface area contributed by atoms with Crippen LogP contribution in [0.2, 0.25) is 0 Å². The molecule has 4 heterocycles. The maximum absolute atomic E-state index is 12.4. The predicted octanol–water partition coefficient (Wildman–Crippen LogP) is -0.438. The lowest BCUT2D eigenvalue weighted by atomic mass is 10.3. The van der Waals surface area contributed by atoms with Gasteiger partial charge in [0.2, 0.25) is 5.91 Å². The number of amides is 1. The number of morpholine rings is 1. The van der Waals surface area contributed by atoms with Gasteiger partial charge < -0.3 is 19.4 Å². The lowest BCUT2D eigenvalue weighted by molar-refractivity contribution is -0.132. The third kappa shape index (κ3) is 4.16. The van der Waals surface area contributed by atoms with Crippen LogP contribution in [0.3, 0.4) is 0 Å². The van der Waals surface area contributed by atoms with Crippen LogP contribution in [0.25, 0.3) is 0 Å². The summed E-state index contributed by atoms with van der Waals surface area (Å²) < 4.78 is 6.98. The number of carbonyl (C=O) groups is 1. The molecule has 2 aromatic rings. The molecule has 2 aliphatic heterocycles. The third-order valence-electron chi connectivity index (χ3n) is 4.87. The molecule has 0 spiro atoms. The van der Waals surface area contributed by atoms with Crippen molar-refractivity contribution in [3.63, 3.8) is 0 Å². The maximum Gasteiger partial charge on any atom is 0.244 e. The number of rotatable bonds is 4. The van der Waals surface area contributed by atoms with Crippen LogP contribution in [-0.4, -0.2) is 88.0 Å². The normalized spacial score (nSPS) is 18.0. The SMILES string of the molecule is Cc1nc(N2CCOCC2)cc(N2CCN(C(=O)Cn3cncn3)CC2)n1. The second kappa shape index (κ2) is 7.87. The van der Waals surface area contributed by atoms with E-state index in [2.05, 4.69) is 29.9 Å². The van der Waals surface area contributed by atoms with Crippen LogP contribution in [0, 0.1) is 6.92 Å². The quantitative estimate of drug-likeness (QED) is 0.713. The number of aromatic nitrogens is 5. The van der Waals surface area contributed by atoms with E-state index in [1.807, 2.05) is 17.9 Å². The number of nitrogens with zero attached hydrogens (tertiary/aromatic N) is 8. The molecular weight excluding hydrogens is 348 g/mol. The van der Waals surface area contributed by atoms with E-state index in [1.165, 1.54) is 6.33 Å². The Morgan fingerprint density at radius 1 is 1.04 bits per heavy atom. The van der Waals surface area contributed by atoms with Gasteiger partial charge in [0.25, 0.3) is 0 Å². The highest BCUT2D eigenvalue weighted by atomic mass is 16.5. The number of hydrogen-bond donors (Lipinski definition) is 0. The molecule has 10 heteroatoms. The first-order valence-corrected chi connectivity index (χ1v) is 9.22. The number of anilines is 2. The molecule has 0 bridgehead atoms. The largest absolute Gasteiger partial charge is 0.378 e. The van der Waals surface area contributed by atoms with Gasteiger partial charge in [0.1, 0.15) is 36.7 Å². The van der Waals surface area contributed by atoms with Gasteiger partial charge in [0.05, 0.1) is 13.2 Å². The second-order valence-corrected chi connectivity index (χ2v) is 6.69. The summed E-state index contributed by atoms with van der Waals surface area (Å²) in [6, 6.07) is 2.05. The van der Waals surface area contributed by atoms with Crippen LogP contribution in [0.4, 0.5) is 11.6 Å². The van der Waals surface area contributed by atoms with E-state index in [0.717, 1.165) is 56.9 Å². The average molecular weight is 372 g/mol. The van der Waals surface area contributed by atoms with E-state index >= 15 is 0 Å². The molecule has 2 saturated heterocycles. The van der Waals surface area contributed by atoms with Gasteiger partial charge in [-0.2, -0.15) is 5.10 Å². The summed E-state index contributed by atoms with van der Waals surface area (Å²) in [5.74, 6) is 2.70. The van der Waals surface area contributed by atoms with Crippen molar-refractivity contribution >= 4 is 17.5 Å². The standard InChI is InChI=1S/C17H24N8O2/c1-14-20-15(10-16(21-14)23-6-8-27-9-7-23)22-2-4-24(5-3-22)17(26)11-25-13-18-12-19-25/h10,12-13H,2-9,11H2,1H3. The van der Waals surface area contributed by atoms with Crippen molar-refractivity contribution < 1.29 is 9.53 Å². The van der Waals surface area contributed by atoms with E-state index in [0.29, 0.717) is 13.1 Å². The molecule has 0 aliphatic carbocycles. The van der Waals surface area contributed by atoms with Crippen LogP contribution in [0.1, 0.15) is 5.82 Å². The van der Waals surface area contributed by atoms with Crippen molar-refractivity contribution in [2.75, 3.05) is 62.3 Å². The van der Waals surface area contributed by atoms with Gasteiger partial charge in [-0.05, 0) is 6.92 Å². The molecule has 0 atom stereocenters. The first kappa shape index (κ1) is 17.7. The Balaban J connectivity index is 1.39. The van der Waals surface area contributed by atoms with Crippen molar-refractivity contribution in [1.82, 2.24) is 29.6 Å². The molecule has 4 rings (SSSR count). The second-order valence-electron chi connectivity index (χ2n) is 6.69. The van der Waals surface area contributed by atoms with E-state index in [4.69, 9.17) is 4.74 Å². The molecule has 0 unspecified atom stereocenters. The molecule has 0 saturated carbocycles. The van der Waals surface area contributed by atoms with Gasteiger partial charge in [-0.3, -0.25) is 4.79 Å². The van der Waals surface area contributed by atoms with Crippen LogP contribution in [0.15, 0.2) is 18.7 Å². The fourth-order valence-corrected chi connectivity index (χ4v) is 3.39. The maximum atomic E-state index is 12.4. The summed E-state index contributed by atoms with van der Waals surface area (Å²) in [4.78, 5) is 31.8. The van der Waals surface area contributed by atoms with Gasteiger partial charge in [-0.15, -0.1) is 0 Å². The molecule has 2 fully saturated rings.